The molecule has 7 heteroatoms. The third kappa shape index (κ3) is 8.17. The van der Waals surface area contributed by atoms with Crippen LogP contribution in [0.1, 0.15) is 32.8 Å². The van der Waals surface area contributed by atoms with Crippen molar-refractivity contribution in [2.24, 2.45) is 5.73 Å². The molecule has 0 spiro atoms. The molecule has 4 N–H and O–H groups in total. The van der Waals surface area contributed by atoms with Gasteiger partial charge in [-0.25, -0.2) is 4.79 Å². The normalized spacial score (nSPS) is 12.1. The zero-order valence-corrected chi connectivity index (χ0v) is 14.3. The topological polar surface area (TPSA) is 111 Å². The number of alkyl carbamates (subject to hydrolysis) is 1. The first-order chi connectivity index (χ1) is 11.2. The maximum Gasteiger partial charge on any atom is 0.408 e. The van der Waals surface area contributed by atoms with Crippen molar-refractivity contribution in [3.05, 3.63) is 35.9 Å². The molecule has 0 unspecified atom stereocenters. The van der Waals surface area contributed by atoms with E-state index in [4.69, 9.17) is 10.5 Å². The molecule has 132 valence electrons. The van der Waals surface area contributed by atoms with Crippen LogP contribution in [0.5, 0.6) is 0 Å². The van der Waals surface area contributed by atoms with E-state index in [0.29, 0.717) is 12.8 Å². The van der Waals surface area contributed by atoms with Crippen molar-refractivity contribution in [3.63, 3.8) is 0 Å². The number of hydrogen-bond donors (Lipinski definition) is 3. The second-order valence-electron chi connectivity index (χ2n) is 6.41. The van der Waals surface area contributed by atoms with Gasteiger partial charge in [-0.3, -0.25) is 9.59 Å². The average Bonchev–Trinajstić information content (AvgIpc) is 2.48. The first-order valence-corrected chi connectivity index (χ1v) is 7.77. The van der Waals surface area contributed by atoms with E-state index >= 15 is 0 Å². The minimum atomic E-state index is -0.820. The summed E-state index contributed by atoms with van der Waals surface area (Å²) in [5.41, 5.74) is 5.39. The molecule has 1 aromatic carbocycles. The first-order valence-electron chi connectivity index (χ1n) is 7.77. The number of rotatable bonds is 7. The second kappa shape index (κ2) is 8.90. The number of carbonyl (C=O) groups excluding carboxylic acids is 3. The Labute approximate surface area is 141 Å². The van der Waals surface area contributed by atoms with E-state index < -0.39 is 29.6 Å². The standard InChI is InChI=1S/C17H25N3O4/c1-17(2,3)24-16(23)20-13(15(22)19-11-14(18)21)10-9-12-7-5-4-6-8-12/h4-8,13H,9-11H2,1-3H3,(H2,18,21)(H,19,22)(H,20,23)/t13-/m1/s1. The molecule has 0 aromatic heterocycles. The van der Waals surface area contributed by atoms with Crippen molar-refractivity contribution in [3.8, 4) is 0 Å². The lowest BCUT2D eigenvalue weighted by Crippen LogP contribution is -2.49. The summed E-state index contributed by atoms with van der Waals surface area (Å²) in [4.78, 5) is 34.9. The molecular weight excluding hydrogens is 310 g/mol. The Morgan fingerprint density at radius 2 is 1.79 bits per heavy atom. The van der Waals surface area contributed by atoms with Crippen molar-refractivity contribution in [2.45, 2.75) is 45.3 Å². The van der Waals surface area contributed by atoms with Crippen molar-refractivity contribution in [1.29, 1.82) is 0 Å². The maximum absolute atomic E-state index is 12.2. The van der Waals surface area contributed by atoms with Crippen LogP contribution >= 0.6 is 0 Å². The summed E-state index contributed by atoms with van der Waals surface area (Å²) < 4.78 is 5.17. The quantitative estimate of drug-likeness (QED) is 0.693. The lowest BCUT2D eigenvalue weighted by molar-refractivity contribution is -0.126. The summed E-state index contributed by atoms with van der Waals surface area (Å²) in [6.45, 7) is 4.92. The Hall–Kier alpha value is -2.57. The number of nitrogens with one attached hydrogen (secondary N) is 2. The van der Waals surface area contributed by atoms with Gasteiger partial charge < -0.3 is 21.1 Å². The number of carbonyl (C=O) groups is 3. The lowest BCUT2D eigenvalue weighted by atomic mass is 10.0. The van der Waals surface area contributed by atoms with Gasteiger partial charge in [0.05, 0.1) is 6.54 Å². The minimum absolute atomic E-state index is 0.281. The predicted octanol–water partition coefficient (Wildman–Crippen LogP) is 1.11. The molecule has 24 heavy (non-hydrogen) atoms. The summed E-state index contributed by atoms with van der Waals surface area (Å²) in [5.74, 6) is -1.13. The Kier molecular flexibility index (Phi) is 7.23. The molecule has 0 fully saturated rings. The fourth-order valence-electron chi connectivity index (χ4n) is 1.97. The van der Waals surface area contributed by atoms with E-state index in [-0.39, 0.29) is 6.54 Å². The summed E-state index contributed by atoms with van der Waals surface area (Å²) >= 11 is 0. The van der Waals surface area contributed by atoms with Crippen LogP contribution in [-0.2, 0) is 20.7 Å². The van der Waals surface area contributed by atoms with Crippen LogP contribution in [0.25, 0.3) is 0 Å². The monoisotopic (exact) mass is 335 g/mol. The van der Waals surface area contributed by atoms with Gasteiger partial charge in [-0.15, -0.1) is 0 Å². The summed E-state index contributed by atoms with van der Waals surface area (Å²) in [6.07, 6.45) is 0.272. The van der Waals surface area contributed by atoms with E-state index in [9.17, 15) is 14.4 Å². The van der Waals surface area contributed by atoms with Gasteiger partial charge in [-0.2, -0.15) is 0 Å². The van der Waals surface area contributed by atoms with Gasteiger partial charge in [0.1, 0.15) is 11.6 Å². The van der Waals surface area contributed by atoms with Gasteiger partial charge in [-0.1, -0.05) is 30.3 Å². The number of aryl methyl sites for hydroxylation is 1. The Morgan fingerprint density at radius 3 is 2.33 bits per heavy atom. The van der Waals surface area contributed by atoms with Crippen LogP contribution in [0.4, 0.5) is 4.79 Å². The zero-order valence-electron chi connectivity index (χ0n) is 14.3. The number of benzene rings is 1. The van der Waals surface area contributed by atoms with Crippen LogP contribution in [-0.4, -0.2) is 36.1 Å². The van der Waals surface area contributed by atoms with E-state index in [0.717, 1.165) is 5.56 Å². The van der Waals surface area contributed by atoms with Crippen molar-refractivity contribution in [1.82, 2.24) is 10.6 Å². The highest BCUT2D eigenvalue weighted by Gasteiger charge is 2.24. The molecule has 0 bridgehead atoms. The van der Waals surface area contributed by atoms with Crippen LogP contribution in [0.15, 0.2) is 30.3 Å². The lowest BCUT2D eigenvalue weighted by Gasteiger charge is -2.23. The number of hydrogen-bond acceptors (Lipinski definition) is 4. The molecule has 0 aliphatic carbocycles. The van der Waals surface area contributed by atoms with Gasteiger partial charge in [0.25, 0.3) is 0 Å². The fourth-order valence-corrected chi connectivity index (χ4v) is 1.97. The molecule has 0 saturated heterocycles. The summed E-state index contributed by atoms with van der Waals surface area (Å²) in [5, 5.41) is 4.94. The maximum atomic E-state index is 12.2. The minimum Gasteiger partial charge on any atom is -0.444 e. The zero-order chi connectivity index (χ0) is 18.2. The molecule has 3 amide bonds. The van der Waals surface area contributed by atoms with Crippen LogP contribution < -0.4 is 16.4 Å². The van der Waals surface area contributed by atoms with Gasteiger partial charge in [0.2, 0.25) is 11.8 Å². The fraction of sp³-hybridized carbons (Fsp3) is 0.471. The first kappa shape index (κ1) is 19.5. The Balaban J connectivity index is 2.69. The molecule has 0 radical (unpaired) electrons. The van der Waals surface area contributed by atoms with Gasteiger partial charge in [-0.05, 0) is 39.2 Å². The molecule has 0 aliphatic heterocycles. The van der Waals surface area contributed by atoms with Gasteiger partial charge in [0.15, 0.2) is 0 Å². The molecule has 1 aromatic rings. The Morgan fingerprint density at radius 1 is 1.17 bits per heavy atom. The molecule has 0 heterocycles. The highest BCUT2D eigenvalue weighted by molar-refractivity contribution is 5.89. The van der Waals surface area contributed by atoms with Crippen molar-refractivity contribution in [2.75, 3.05) is 6.54 Å². The highest BCUT2D eigenvalue weighted by atomic mass is 16.6. The molecule has 0 saturated carbocycles. The largest absolute Gasteiger partial charge is 0.444 e. The highest BCUT2D eigenvalue weighted by Crippen LogP contribution is 2.09. The molecule has 7 nitrogen and oxygen atoms in total. The number of amides is 3. The third-order valence-electron chi connectivity index (χ3n) is 3.01. The van der Waals surface area contributed by atoms with Gasteiger partial charge in [0, 0.05) is 0 Å². The van der Waals surface area contributed by atoms with E-state index in [1.165, 1.54) is 0 Å². The van der Waals surface area contributed by atoms with Crippen LogP contribution in [0.3, 0.4) is 0 Å². The molecular formula is C17H25N3O4. The summed E-state index contributed by atoms with van der Waals surface area (Å²) in [6, 6.07) is 8.76. The smallest absolute Gasteiger partial charge is 0.408 e. The third-order valence-corrected chi connectivity index (χ3v) is 3.01. The van der Waals surface area contributed by atoms with E-state index in [1.807, 2.05) is 30.3 Å². The SMILES string of the molecule is CC(C)(C)OC(=O)N[C@H](CCc1ccccc1)C(=O)NCC(N)=O. The average molecular weight is 335 g/mol. The summed E-state index contributed by atoms with van der Waals surface area (Å²) in [7, 11) is 0. The van der Waals surface area contributed by atoms with Gasteiger partial charge >= 0.3 is 6.09 Å². The molecule has 0 aliphatic rings. The number of nitrogens with two attached hydrogens (primary N) is 1. The van der Waals surface area contributed by atoms with E-state index in [1.54, 1.807) is 20.8 Å². The molecule has 1 atom stereocenters. The van der Waals surface area contributed by atoms with Crippen LogP contribution in [0, 0.1) is 0 Å². The number of primary amides is 1. The van der Waals surface area contributed by atoms with Crippen LogP contribution in [0.2, 0.25) is 0 Å². The molecule has 1 rings (SSSR count). The second-order valence-corrected chi connectivity index (χ2v) is 6.41. The van der Waals surface area contributed by atoms with Crippen molar-refractivity contribution >= 4 is 17.9 Å². The number of ether oxygens (including phenoxy) is 1. The van der Waals surface area contributed by atoms with Crippen molar-refractivity contribution < 1.29 is 19.1 Å². The van der Waals surface area contributed by atoms with E-state index in [2.05, 4.69) is 10.6 Å². The Bertz CT molecular complexity index is 567. The predicted molar refractivity (Wildman–Crippen MR) is 90.1 cm³/mol.